The molecule has 1 aromatic carbocycles. The molecule has 0 aliphatic heterocycles. The maximum atomic E-state index is 12.0. The van der Waals surface area contributed by atoms with Crippen molar-refractivity contribution in [2.75, 3.05) is 7.11 Å². The second-order valence-corrected chi connectivity index (χ2v) is 6.87. The van der Waals surface area contributed by atoms with E-state index in [1.807, 2.05) is 0 Å². The van der Waals surface area contributed by atoms with Gasteiger partial charge in [-0.3, -0.25) is 15.4 Å². The molecule has 10 nitrogen and oxygen atoms in total. The van der Waals surface area contributed by atoms with Gasteiger partial charge in [0.05, 0.1) is 16.9 Å². The van der Waals surface area contributed by atoms with E-state index in [1.165, 1.54) is 12.1 Å². The van der Waals surface area contributed by atoms with Crippen LogP contribution in [0, 0.1) is 10.1 Å². The average molecular weight is 386 g/mol. The minimum Gasteiger partial charge on any atom is -0.464 e. The van der Waals surface area contributed by atoms with Gasteiger partial charge >= 0.3 is 12.1 Å². The van der Waals surface area contributed by atoms with Crippen LogP contribution in [0.2, 0.25) is 0 Å². The molecule has 0 spiro atoms. The van der Waals surface area contributed by atoms with E-state index >= 15 is 0 Å². The van der Waals surface area contributed by atoms with Crippen LogP contribution in [0.1, 0.15) is 20.8 Å². The number of nitro groups is 1. The molecule has 1 rings (SSSR count). The van der Waals surface area contributed by atoms with Gasteiger partial charge in [-0.1, -0.05) is 0 Å². The number of hydrogen-bond acceptors (Lipinski definition) is 8. The highest BCUT2D eigenvalue weighted by Gasteiger charge is 2.21. The fraction of sp³-hybridized carbons (Fsp3) is 0.333. The van der Waals surface area contributed by atoms with Crippen molar-refractivity contribution in [3.05, 3.63) is 46.3 Å². The smallest absolute Gasteiger partial charge is 0.412 e. The van der Waals surface area contributed by atoms with Crippen molar-refractivity contribution in [1.29, 1.82) is 0 Å². The van der Waals surface area contributed by atoms with Crippen LogP contribution >= 0.6 is 0 Å². The largest absolute Gasteiger partial charge is 0.464 e. The van der Waals surface area contributed by atoms with E-state index in [0.29, 0.717) is 0 Å². The highest BCUT2D eigenvalue weighted by Crippen LogP contribution is 2.15. The Labute approximate surface area is 151 Å². The van der Waals surface area contributed by atoms with Gasteiger partial charge in [-0.05, 0) is 32.9 Å². The van der Waals surface area contributed by atoms with Gasteiger partial charge < -0.3 is 13.7 Å². The monoisotopic (exact) mass is 386 g/mol. The van der Waals surface area contributed by atoms with Gasteiger partial charge in [-0.25, -0.2) is 13.8 Å². The third-order valence-corrected chi connectivity index (χ3v) is 3.46. The van der Waals surface area contributed by atoms with Gasteiger partial charge in [0.2, 0.25) is 11.1 Å². The van der Waals surface area contributed by atoms with Crippen molar-refractivity contribution in [3.8, 4) is 0 Å². The van der Waals surface area contributed by atoms with Crippen molar-refractivity contribution < 1.29 is 32.4 Å². The van der Waals surface area contributed by atoms with E-state index in [9.17, 15) is 23.9 Å². The first-order chi connectivity index (χ1) is 12.0. The van der Waals surface area contributed by atoms with Crippen molar-refractivity contribution in [2.24, 2.45) is 0 Å². The van der Waals surface area contributed by atoms with Crippen LogP contribution in [-0.4, -0.2) is 33.9 Å². The third-order valence-electron chi connectivity index (χ3n) is 2.53. The fourth-order valence-electron chi connectivity index (χ4n) is 1.48. The maximum Gasteiger partial charge on any atom is 0.412 e. The molecular weight excluding hydrogens is 368 g/mol. The zero-order valence-corrected chi connectivity index (χ0v) is 15.3. The van der Waals surface area contributed by atoms with E-state index in [0.717, 1.165) is 25.5 Å². The minimum atomic E-state index is -2.08. The lowest BCUT2D eigenvalue weighted by molar-refractivity contribution is -0.384. The summed E-state index contributed by atoms with van der Waals surface area (Å²) in [6.45, 7) is 4.90. The molecule has 0 heterocycles. The standard InChI is InChI=1S/C15H18N2O8S/c1-15(2,3)25-14(19)16-12(13(18)23-4)9-24-26(22)11-7-5-10(6-8-11)17(20)21/h5-9H,1-4H3,(H,16,19)/b12-9+. The van der Waals surface area contributed by atoms with E-state index in [4.69, 9.17) is 8.92 Å². The van der Waals surface area contributed by atoms with Crippen LogP contribution in [-0.2, 0) is 29.5 Å². The van der Waals surface area contributed by atoms with Crippen LogP contribution < -0.4 is 5.32 Å². The minimum absolute atomic E-state index is 0.119. The normalized spacial score (nSPS) is 12.7. The number of hydrogen-bond donors (Lipinski definition) is 1. The van der Waals surface area contributed by atoms with Crippen LogP contribution in [0.4, 0.5) is 10.5 Å². The lowest BCUT2D eigenvalue weighted by atomic mass is 10.2. The lowest BCUT2D eigenvalue weighted by Crippen LogP contribution is -2.34. The number of benzene rings is 1. The van der Waals surface area contributed by atoms with Gasteiger partial charge in [0.1, 0.15) is 11.9 Å². The van der Waals surface area contributed by atoms with Crippen LogP contribution in [0.15, 0.2) is 41.1 Å². The molecule has 0 aromatic heterocycles. The Morgan fingerprint density at radius 3 is 2.27 bits per heavy atom. The highest BCUT2D eigenvalue weighted by molar-refractivity contribution is 7.80. The van der Waals surface area contributed by atoms with E-state index in [2.05, 4.69) is 10.1 Å². The summed E-state index contributed by atoms with van der Waals surface area (Å²) in [4.78, 5) is 33.5. The first-order valence-electron chi connectivity index (χ1n) is 7.15. The molecule has 1 unspecified atom stereocenters. The highest BCUT2D eigenvalue weighted by atomic mass is 32.2. The summed E-state index contributed by atoms with van der Waals surface area (Å²) in [6, 6.07) is 4.78. The Morgan fingerprint density at radius 1 is 1.23 bits per heavy atom. The first kappa shape index (κ1) is 21.1. The van der Waals surface area contributed by atoms with E-state index < -0.39 is 39.4 Å². The number of nitro benzene ring substituents is 1. The number of carbonyl (C=O) groups excluding carboxylic acids is 2. The molecule has 0 radical (unpaired) electrons. The Bertz CT molecular complexity index is 737. The van der Waals surface area contributed by atoms with Gasteiger partial charge in [-0.2, -0.15) is 0 Å². The SMILES string of the molecule is COC(=O)/C(=C\OS(=O)c1ccc([N+](=O)[O-])cc1)NC(=O)OC(C)(C)C. The summed E-state index contributed by atoms with van der Waals surface area (Å²) < 4.78 is 26.4. The summed E-state index contributed by atoms with van der Waals surface area (Å²) in [5, 5.41) is 12.7. The molecule has 0 saturated heterocycles. The topological polar surface area (TPSA) is 134 Å². The third kappa shape index (κ3) is 6.89. The Hall–Kier alpha value is -2.95. The average Bonchev–Trinajstić information content (AvgIpc) is 2.55. The number of methoxy groups -OCH3 is 1. The number of ether oxygens (including phenoxy) is 2. The molecule has 1 aromatic rings. The predicted molar refractivity (Wildman–Crippen MR) is 90.1 cm³/mol. The van der Waals surface area contributed by atoms with Crippen molar-refractivity contribution in [1.82, 2.24) is 5.32 Å². The van der Waals surface area contributed by atoms with Crippen LogP contribution in [0.25, 0.3) is 0 Å². The number of non-ortho nitro benzene ring substituents is 1. The molecule has 0 aliphatic rings. The number of carbonyl (C=O) groups is 2. The van der Waals surface area contributed by atoms with Crippen molar-refractivity contribution in [3.63, 3.8) is 0 Å². The zero-order chi connectivity index (χ0) is 19.9. The number of alkyl carbamates (subject to hydrolysis) is 1. The van der Waals surface area contributed by atoms with Crippen LogP contribution in [0.3, 0.4) is 0 Å². The molecule has 142 valence electrons. The fourth-order valence-corrected chi connectivity index (χ4v) is 2.13. The van der Waals surface area contributed by atoms with Gasteiger partial charge in [0, 0.05) is 12.1 Å². The Morgan fingerprint density at radius 2 is 1.81 bits per heavy atom. The quantitative estimate of drug-likeness (QED) is 0.258. The van der Waals surface area contributed by atoms with Crippen molar-refractivity contribution in [2.45, 2.75) is 31.3 Å². The van der Waals surface area contributed by atoms with Gasteiger partial charge in [-0.15, -0.1) is 0 Å². The van der Waals surface area contributed by atoms with Gasteiger partial charge in [0.25, 0.3) is 5.69 Å². The molecule has 0 saturated carbocycles. The van der Waals surface area contributed by atoms with E-state index in [-0.39, 0.29) is 10.6 Å². The van der Waals surface area contributed by atoms with E-state index in [1.54, 1.807) is 20.8 Å². The Balaban J connectivity index is 2.86. The predicted octanol–water partition coefficient (Wildman–Crippen LogP) is 2.17. The number of nitrogens with one attached hydrogen (secondary N) is 1. The second kappa shape index (κ2) is 8.94. The molecule has 0 fully saturated rings. The summed E-state index contributed by atoms with van der Waals surface area (Å²) in [5.74, 6) is -0.948. The zero-order valence-electron chi connectivity index (χ0n) is 14.5. The number of amides is 1. The summed E-state index contributed by atoms with van der Waals surface area (Å²) >= 11 is -2.08. The molecule has 26 heavy (non-hydrogen) atoms. The second-order valence-electron chi connectivity index (χ2n) is 5.73. The van der Waals surface area contributed by atoms with Gasteiger partial charge in [0.15, 0.2) is 5.70 Å². The molecule has 0 bridgehead atoms. The number of esters is 1. The lowest BCUT2D eigenvalue weighted by Gasteiger charge is -2.19. The van der Waals surface area contributed by atoms with Crippen LogP contribution in [0.5, 0.6) is 0 Å². The number of nitrogens with zero attached hydrogens (tertiary/aromatic N) is 1. The first-order valence-corrected chi connectivity index (χ1v) is 8.23. The molecule has 1 atom stereocenters. The van der Waals surface area contributed by atoms with Crippen molar-refractivity contribution >= 4 is 28.8 Å². The molecule has 0 aliphatic carbocycles. The number of rotatable bonds is 6. The summed E-state index contributed by atoms with van der Waals surface area (Å²) in [5.41, 5.74) is -1.41. The molecule has 1 amide bonds. The molecule has 11 heteroatoms. The maximum absolute atomic E-state index is 12.0. The summed E-state index contributed by atoms with van der Waals surface area (Å²) in [7, 11) is 1.08. The summed E-state index contributed by atoms with van der Waals surface area (Å²) in [6.07, 6.45) is -0.188. The Kier molecular flexibility index (Phi) is 7.26. The molecular formula is C15H18N2O8S. The molecule has 1 N–H and O–H groups in total.